The molecule has 0 radical (unpaired) electrons. The number of methoxy groups -OCH3 is 1. The van der Waals surface area contributed by atoms with Gasteiger partial charge in [0.1, 0.15) is 17.3 Å². The molecule has 2 aromatic heterocycles. The summed E-state index contributed by atoms with van der Waals surface area (Å²) in [6.07, 6.45) is 2.94. The number of pyridine rings is 1. The van der Waals surface area contributed by atoms with Crippen molar-refractivity contribution in [2.75, 3.05) is 24.8 Å². The predicted molar refractivity (Wildman–Crippen MR) is 134 cm³/mol. The molecule has 1 fully saturated rings. The maximum absolute atomic E-state index is 12.7. The van der Waals surface area contributed by atoms with E-state index in [1.54, 1.807) is 48.2 Å². The zero-order chi connectivity index (χ0) is 26.0. The molecule has 1 aliphatic rings. The summed E-state index contributed by atoms with van der Waals surface area (Å²) in [4.78, 5) is 48.0. The Kier molecular flexibility index (Phi) is 6.73. The van der Waals surface area contributed by atoms with Crippen LogP contribution in [0.2, 0.25) is 0 Å². The lowest BCUT2D eigenvalue weighted by Crippen LogP contribution is -2.34. The quantitative estimate of drug-likeness (QED) is 0.339. The van der Waals surface area contributed by atoms with Gasteiger partial charge in [0, 0.05) is 35.5 Å². The van der Waals surface area contributed by atoms with Crippen molar-refractivity contribution < 1.29 is 19.1 Å². The summed E-state index contributed by atoms with van der Waals surface area (Å²) in [7, 11) is 1.52. The van der Waals surface area contributed by atoms with Crippen molar-refractivity contribution in [2.24, 2.45) is 5.73 Å². The number of amides is 3. The van der Waals surface area contributed by atoms with E-state index in [2.05, 4.69) is 21.9 Å². The highest BCUT2D eigenvalue weighted by atomic mass is 16.5. The minimum absolute atomic E-state index is 0.0115. The molecular formula is C25H27N7O4. The number of carbonyl (C=O) groups is 3. The van der Waals surface area contributed by atoms with Crippen LogP contribution in [0.3, 0.4) is 0 Å². The third-order valence-electron chi connectivity index (χ3n) is 5.98. The molecule has 186 valence electrons. The van der Waals surface area contributed by atoms with Gasteiger partial charge in [-0.15, -0.1) is 0 Å². The van der Waals surface area contributed by atoms with Gasteiger partial charge in [-0.1, -0.05) is 18.7 Å². The number of rotatable bonds is 7. The fourth-order valence-electron chi connectivity index (χ4n) is 4.22. The summed E-state index contributed by atoms with van der Waals surface area (Å²) in [5, 5.41) is 2.71. The van der Waals surface area contributed by atoms with E-state index >= 15 is 0 Å². The molecule has 5 N–H and O–H groups in total. The third kappa shape index (κ3) is 4.63. The number of nitrogens with zero attached hydrogens (tertiary/aromatic N) is 4. The first-order chi connectivity index (χ1) is 17.2. The van der Waals surface area contributed by atoms with Crippen LogP contribution in [0.5, 0.6) is 5.75 Å². The summed E-state index contributed by atoms with van der Waals surface area (Å²) < 4.78 is 6.30. The van der Waals surface area contributed by atoms with Crippen LogP contribution >= 0.6 is 0 Å². The normalized spacial score (nSPS) is 14.9. The Labute approximate surface area is 207 Å². The fourth-order valence-corrected chi connectivity index (χ4v) is 4.22. The average molecular weight is 490 g/mol. The topological polar surface area (TPSA) is 158 Å². The lowest BCUT2D eigenvalue weighted by Gasteiger charge is -2.24. The van der Waals surface area contributed by atoms with Crippen molar-refractivity contribution in [3.8, 4) is 17.0 Å². The molecule has 3 amide bonds. The number of hydrogen-bond donors (Lipinski definition) is 3. The zero-order valence-electron chi connectivity index (χ0n) is 20.0. The van der Waals surface area contributed by atoms with Crippen LogP contribution in [-0.2, 0) is 4.79 Å². The second-order valence-electron chi connectivity index (χ2n) is 8.45. The van der Waals surface area contributed by atoms with E-state index in [1.165, 1.54) is 13.3 Å². The highest BCUT2D eigenvalue weighted by molar-refractivity contribution is 6.04. The first-order valence-electron chi connectivity index (χ1n) is 11.3. The first kappa shape index (κ1) is 24.5. The van der Waals surface area contributed by atoms with E-state index in [-0.39, 0.29) is 23.2 Å². The minimum Gasteiger partial charge on any atom is -0.497 e. The molecule has 4 rings (SSSR count). The standard InChI is InChI=1S/C25H27N7O4/c1-14(2)25(35)31-12-4-5-18(31)23-30-20(21(22(26)33)32(23)27)15-6-8-16(9-7-15)24(34)29-19-13-17(36-3)10-11-28-19/h6-11,13,18H,1,4-5,12,27H2,2-3H3,(H2,26,33)(H,28,29,34)/t18-/m0/s1. The van der Waals surface area contributed by atoms with Crippen LogP contribution < -0.4 is 21.6 Å². The van der Waals surface area contributed by atoms with Gasteiger partial charge in [-0.3, -0.25) is 14.4 Å². The molecule has 1 aliphatic heterocycles. The first-order valence-corrected chi connectivity index (χ1v) is 11.3. The zero-order valence-corrected chi connectivity index (χ0v) is 20.0. The van der Waals surface area contributed by atoms with Crippen LogP contribution in [0.25, 0.3) is 11.3 Å². The van der Waals surface area contributed by atoms with Crippen molar-refractivity contribution in [3.05, 3.63) is 71.8 Å². The number of likely N-dealkylation sites (tertiary alicyclic amines) is 1. The van der Waals surface area contributed by atoms with Crippen molar-refractivity contribution in [2.45, 2.75) is 25.8 Å². The molecule has 36 heavy (non-hydrogen) atoms. The van der Waals surface area contributed by atoms with Gasteiger partial charge in [-0.25, -0.2) is 14.6 Å². The molecule has 1 aromatic carbocycles. The molecule has 0 spiro atoms. The number of benzene rings is 1. The Bertz CT molecular complexity index is 1350. The Hall–Kier alpha value is -4.67. The van der Waals surface area contributed by atoms with E-state index in [4.69, 9.17) is 16.3 Å². The summed E-state index contributed by atoms with van der Waals surface area (Å²) in [5.41, 5.74) is 7.24. The van der Waals surface area contributed by atoms with Gasteiger partial charge in [0.2, 0.25) is 5.91 Å². The highest BCUT2D eigenvalue weighted by Crippen LogP contribution is 2.35. The Balaban J connectivity index is 1.63. The number of nitrogens with one attached hydrogen (secondary N) is 1. The summed E-state index contributed by atoms with van der Waals surface area (Å²) in [6, 6.07) is 9.35. The molecule has 1 saturated heterocycles. The molecule has 0 bridgehead atoms. The Morgan fingerprint density at radius 1 is 1.19 bits per heavy atom. The van der Waals surface area contributed by atoms with Gasteiger partial charge in [-0.05, 0) is 38.0 Å². The second kappa shape index (κ2) is 9.90. The van der Waals surface area contributed by atoms with Crippen LogP contribution in [0, 0.1) is 0 Å². The lowest BCUT2D eigenvalue weighted by molar-refractivity contribution is -0.128. The van der Waals surface area contributed by atoms with E-state index in [0.717, 1.165) is 11.1 Å². The number of ether oxygens (including phenoxy) is 1. The van der Waals surface area contributed by atoms with Crippen molar-refractivity contribution >= 4 is 23.5 Å². The SMILES string of the molecule is C=C(C)C(=O)N1CCC[C@H]1c1nc(-c2ccc(C(=O)Nc3cc(OC)ccn3)cc2)c(C(N)=O)n1N. The molecule has 11 heteroatoms. The second-order valence-corrected chi connectivity index (χ2v) is 8.45. The molecule has 11 nitrogen and oxygen atoms in total. The summed E-state index contributed by atoms with van der Waals surface area (Å²) in [5.74, 6) is 6.21. The van der Waals surface area contributed by atoms with Crippen LogP contribution in [-0.4, -0.2) is 50.9 Å². The Morgan fingerprint density at radius 2 is 1.92 bits per heavy atom. The molecule has 3 aromatic rings. The van der Waals surface area contributed by atoms with Gasteiger partial charge >= 0.3 is 0 Å². The van der Waals surface area contributed by atoms with Gasteiger partial charge in [0.05, 0.1) is 13.2 Å². The van der Waals surface area contributed by atoms with E-state index in [0.29, 0.717) is 47.1 Å². The van der Waals surface area contributed by atoms with Gasteiger partial charge in [-0.2, -0.15) is 0 Å². The third-order valence-corrected chi connectivity index (χ3v) is 5.98. The monoisotopic (exact) mass is 489 g/mol. The van der Waals surface area contributed by atoms with Crippen LogP contribution in [0.1, 0.15) is 52.5 Å². The molecular weight excluding hydrogens is 462 g/mol. The van der Waals surface area contributed by atoms with Gasteiger partial charge < -0.3 is 26.5 Å². The van der Waals surface area contributed by atoms with E-state index in [9.17, 15) is 14.4 Å². The average Bonchev–Trinajstić information content (AvgIpc) is 3.48. The number of aromatic nitrogens is 3. The maximum atomic E-state index is 12.7. The summed E-state index contributed by atoms with van der Waals surface area (Å²) in [6.45, 7) is 5.93. The highest BCUT2D eigenvalue weighted by Gasteiger charge is 2.35. The molecule has 0 saturated carbocycles. The minimum atomic E-state index is -0.757. The van der Waals surface area contributed by atoms with Gasteiger partial charge in [0.25, 0.3) is 11.8 Å². The van der Waals surface area contributed by atoms with Crippen molar-refractivity contribution in [1.29, 1.82) is 0 Å². The van der Waals surface area contributed by atoms with Crippen molar-refractivity contribution in [3.63, 3.8) is 0 Å². The molecule has 1 atom stereocenters. The lowest BCUT2D eigenvalue weighted by atomic mass is 10.1. The number of nitrogens with two attached hydrogens (primary N) is 2. The number of carbonyl (C=O) groups excluding carboxylic acids is 3. The van der Waals surface area contributed by atoms with E-state index < -0.39 is 11.9 Å². The number of imidazole rings is 1. The molecule has 0 unspecified atom stereocenters. The van der Waals surface area contributed by atoms with E-state index in [1.807, 2.05) is 0 Å². The fraction of sp³-hybridized carbons (Fsp3) is 0.240. The van der Waals surface area contributed by atoms with Crippen molar-refractivity contribution in [1.82, 2.24) is 19.5 Å². The summed E-state index contributed by atoms with van der Waals surface area (Å²) >= 11 is 0. The number of nitrogen functional groups attached to an aromatic ring is 1. The maximum Gasteiger partial charge on any atom is 0.269 e. The van der Waals surface area contributed by atoms with Gasteiger partial charge in [0.15, 0.2) is 11.5 Å². The molecule has 3 heterocycles. The van der Waals surface area contributed by atoms with Crippen LogP contribution in [0.15, 0.2) is 54.7 Å². The van der Waals surface area contributed by atoms with Crippen LogP contribution in [0.4, 0.5) is 5.82 Å². The number of anilines is 1. The number of hydrogen-bond acceptors (Lipinski definition) is 7. The number of primary amides is 1. The smallest absolute Gasteiger partial charge is 0.269 e. The largest absolute Gasteiger partial charge is 0.497 e. The Morgan fingerprint density at radius 3 is 2.56 bits per heavy atom. The predicted octanol–water partition coefficient (Wildman–Crippen LogP) is 2.26. The molecule has 0 aliphatic carbocycles.